The zero-order valence-corrected chi connectivity index (χ0v) is 12.3. The highest BCUT2D eigenvalue weighted by Gasteiger charge is 2.07. The Labute approximate surface area is 120 Å². The number of carbonyl (C=O) groups excluding carboxylic acids is 1. The van der Waals surface area contributed by atoms with Gasteiger partial charge in [0.05, 0.1) is 19.8 Å². The minimum Gasteiger partial charge on any atom is -0.462 e. The van der Waals surface area contributed by atoms with E-state index in [4.69, 9.17) is 19.5 Å². The second-order valence-electron chi connectivity index (χ2n) is 3.78. The van der Waals surface area contributed by atoms with Crippen LogP contribution in [-0.4, -0.2) is 58.0 Å². The fraction of sp³-hybridized carbons (Fsp3) is 0.571. The van der Waals surface area contributed by atoms with E-state index in [0.717, 1.165) is 0 Å². The number of carbonyl (C=O) groups is 1. The molecule has 0 aromatic carbocycles. The van der Waals surface area contributed by atoms with Crippen LogP contribution in [0, 0.1) is 11.3 Å². The van der Waals surface area contributed by atoms with Gasteiger partial charge in [0, 0.05) is 27.3 Å². The molecule has 6 heteroatoms. The van der Waals surface area contributed by atoms with Crippen LogP contribution >= 0.6 is 0 Å². The van der Waals surface area contributed by atoms with Crippen molar-refractivity contribution in [1.29, 1.82) is 5.26 Å². The number of hydrogen-bond acceptors (Lipinski definition) is 6. The third-order valence-electron chi connectivity index (χ3n) is 2.34. The molecule has 20 heavy (non-hydrogen) atoms. The lowest BCUT2D eigenvalue weighted by molar-refractivity contribution is -0.138. The van der Waals surface area contributed by atoms with Crippen LogP contribution in [0.5, 0.6) is 0 Å². The SMILES string of the molecule is CCOC(=O)/C(C#N)=C/C=C/N(CCOC)CCOC. The monoisotopic (exact) mass is 282 g/mol. The van der Waals surface area contributed by atoms with Gasteiger partial charge in [-0.15, -0.1) is 0 Å². The van der Waals surface area contributed by atoms with Crippen molar-refractivity contribution in [2.24, 2.45) is 0 Å². The van der Waals surface area contributed by atoms with Crippen molar-refractivity contribution >= 4 is 5.97 Å². The molecule has 0 aliphatic rings. The van der Waals surface area contributed by atoms with E-state index >= 15 is 0 Å². The van der Waals surface area contributed by atoms with Crippen LogP contribution in [0.4, 0.5) is 0 Å². The van der Waals surface area contributed by atoms with Crippen LogP contribution < -0.4 is 0 Å². The highest BCUT2D eigenvalue weighted by Crippen LogP contribution is 1.99. The maximum atomic E-state index is 11.4. The number of ether oxygens (including phenoxy) is 3. The average molecular weight is 282 g/mol. The van der Waals surface area contributed by atoms with Crippen molar-refractivity contribution < 1.29 is 19.0 Å². The van der Waals surface area contributed by atoms with Crippen LogP contribution in [0.15, 0.2) is 23.9 Å². The largest absolute Gasteiger partial charge is 0.462 e. The molecule has 0 N–H and O–H groups in total. The topological polar surface area (TPSA) is 71.8 Å². The molecule has 0 saturated carbocycles. The van der Waals surface area contributed by atoms with Gasteiger partial charge < -0.3 is 19.1 Å². The van der Waals surface area contributed by atoms with Gasteiger partial charge in [-0.2, -0.15) is 5.26 Å². The molecule has 0 amide bonds. The second kappa shape index (κ2) is 12.2. The van der Waals surface area contributed by atoms with Gasteiger partial charge in [0.2, 0.25) is 0 Å². The Morgan fingerprint density at radius 1 is 1.25 bits per heavy atom. The molecule has 0 aromatic heterocycles. The van der Waals surface area contributed by atoms with E-state index < -0.39 is 5.97 Å². The van der Waals surface area contributed by atoms with E-state index in [0.29, 0.717) is 26.3 Å². The first-order valence-electron chi connectivity index (χ1n) is 6.37. The third-order valence-corrected chi connectivity index (χ3v) is 2.34. The van der Waals surface area contributed by atoms with E-state index in [9.17, 15) is 4.79 Å². The number of hydrogen-bond donors (Lipinski definition) is 0. The first kappa shape index (κ1) is 18.2. The van der Waals surface area contributed by atoms with E-state index in [1.165, 1.54) is 6.08 Å². The highest BCUT2D eigenvalue weighted by atomic mass is 16.5. The minimum atomic E-state index is -0.611. The Balaban J connectivity index is 4.57. The standard InChI is InChI=1S/C14H22N2O4/c1-4-20-14(17)13(12-15)6-5-7-16(8-10-18-2)9-11-19-3/h5-7H,4,8-11H2,1-3H3/b7-5+,13-6+. The molecule has 0 rings (SSSR count). The Kier molecular flexibility index (Phi) is 11.1. The number of nitrogens with zero attached hydrogens (tertiary/aromatic N) is 2. The summed E-state index contributed by atoms with van der Waals surface area (Å²) in [5, 5.41) is 8.86. The van der Waals surface area contributed by atoms with Gasteiger partial charge in [-0.25, -0.2) is 4.79 Å². The predicted molar refractivity (Wildman–Crippen MR) is 74.8 cm³/mol. The van der Waals surface area contributed by atoms with Gasteiger partial charge in [0.25, 0.3) is 0 Å². The van der Waals surface area contributed by atoms with Crippen molar-refractivity contribution in [3.05, 3.63) is 23.9 Å². The Morgan fingerprint density at radius 2 is 1.85 bits per heavy atom. The minimum absolute atomic E-state index is 0.0264. The third kappa shape index (κ3) is 8.29. The summed E-state index contributed by atoms with van der Waals surface area (Å²) in [6, 6.07) is 1.81. The van der Waals surface area contributed by atoms with Gasteiger partial charge in [0.1, 0.15) is 11.6 Å². The maximum Gasteiger partial charge on any atom is 0.348 e. The first-order valence-corrected chi connectivity index (χ1v) is 6.37. The summed E-state index contributed by atoms with van der Waals surface area (Å²) < 4.78 is 14.8. The van der Waals surface area contributed by atoms with Crippen LogP contribution in [0.2, 0.25) is 0 Å². The van der Waals surface area contributed by atoms with Crippen molar-refractivity contribution in [2.75, 3.05) is 47.1 Å². The summed E-state index contributed by atoms with van der Waals surface area (Å²) in [5.74, 6) is -0.611. The van der Waals surface area contributed by atoms with E-state index in [1.807, 2.05) is 11.0 Å². The predicted octanol–water partition coefficient (Wildman–Crippen LogP) is 1.11. The maximum absolute atomic E-state index is 11.4. The van der Waals surface area contributed by atoms with E-state index in [-0.39, 0.29) is 12.2 Å². The number of esters is 1. The lowest BCUT2D eigenvalue weighted by atomic mass is 10.2. The number of rotatable bonds is 10. The van der Waals surface area contributed by atoms with Crippen molar-refractivity contribution in [1.82, 2.24) is 4.90 Å². The van der Waals surface area contributed by atoms with Crippen molar-refractivity contribution in [2.45, 2.75) is 6.92 Å². The van der Waals surface area contributed by atoms with E-state index in [1.54, 1.807) is 33.4 Å². The summed E-state index contributed by atoms with van der Waals surface area (Å²) in [6.07, 6.45) is 4.86. The summed E-state index contributed by atoms with van der Waals surface area (Å²) in [5.41, 5.74) is -0.0264. The zero-order valence-electron chi connectivity index (χ0n) is 12.3. The molecule has 0 bridgehead atoms. The molecule has 0 saturated heterocycles. The lowest BCUT2D eigenvalue weighted by Crippen LogP contribution is -2.25. The molecule has 0 spiro atoms. The van der Waals surface area contributed by atoms with Gasteiger partial charge in [-0.05, 0) is 25.3 Å². The summed E-state index contributed by atoms with van der Waals surface area (Å²) in [7, 11) is 3.26. The van der Waals surface area contributed by atoms with Gasteiger partial charge in [0.15, 0.2) is 0 Å². The molecule has 0 aliphatic heterocycles. The highest BCUT2D eigenvalue weighted by molar-refractivity contribution is 5.93. The fourth-order valence-electron chi connectivity index (χ4n) is 1.30. The smallest absolute Gasteiger partial charge is 0.348 e. The first-order chi connectivity index (χ1) is 9.69. The molecule has 0 radical (unpaired) electrons. The number of nitriles is 1. The molecule has 0 aliphatic carbocycles. The zero-order chi connectivity index (χ0) is 15.2. The molecule has 0 heterocycles. The fourth-order valence-corrected chi connectivity index (χ4v) is 1.30. The molecule has 0 unspecified atom stereocenters. The van der Waals surface area contributed by atoms with Gasteiger partial charge in [-0.3, -0.25) is 0 Å². The molecular formula is C14H22N2O4. The normalized spacial score (nSPS) is 11.4. The summed E-state index contributed by atoms with van der Waals surface area (Å²) >= 11 is 0. The Hall–Kier alpha value is -1.84. The number of methoxy groups -OCH3 is 2. The Morgan fingerprint density at radius 3 is 2.30 bits per heavy atom. The van der Waals surface area contributed by atoms with E-state index in [2.05, 4.69) is 0 Å². The van der Waals surface area contributed by atoms with Crippen LogP contribution in [-0.2, 0) is 19.0 Å². The average Bonchev–Trinajstić information content (AvgIpc) is 2.45. The molecule has 0 atom stereocenters. The van der Waals surface area contributed by atoms with Crippen molar-refractivity contribution in [3.63, 3.8) is 0 Å². The summed E-state index contributed by atoms with van der Waals surface area (Å²) in [4.78, 5) is 13.4. The van der Waals surface area contributed by atoms with Crippen LogP contribution in [0.3, 0.4) is 0 Å². The summed E-state index contributed by atoms with van der Waals surface area (Å²) in [6.45, 7) is 4.51. The van der Waals surface area contributed by atoms with Gasteiger partial charge in [-0.1, -0.05) is 0 Å². The van der Waals surface area contributed by atoms with Crippen molar-refractivity contribution in [3.8, 4) is 6.07 Å². The molecule has 0 aromatic rings. The molecule has 112 valence electrons. The molecule has 6 nitrogen and oxygen atoms in total. The molecular weight excluding hydrogens is 260 g/mol. The number of allylic oxidation sites excluding steroid dienone is 2. The quantitative estimate of drug-likeness (QED) is 0.259. The second-order valence-corrected chi connectivity index (χ2v) is 3.78. The molecule has 0 fully saturated rings. The van der Waals surface area contributed by atoms with Gasteiger partial charge >= 0.3 is 5.97 Å². The Bertz CT molecular complexity index is 364. The lowest BCUT2D eigenvalue weighted by Gasteiger charge is -2.19. The van der Waals surface area contributed by atoms with Crippen LogP contribution in [0.25, 0.3) is 0 Å². The van der Waals surface area contributed by atoms with Crippen LogP contribution in [0.1, 0.15) is 6.92 Å².